The Morgan fingerprint density at radius 2 is 2.13 bits per heavy atom. The van der Waals surface area contributed by atoms with E-state index in [1.165, 1.54) is 0 Å². The van der Waals surface area contributed by atoms with Crippen LogP contribution in [0.1, 0.15) is 13.3 Å². The van der Waals surface area contributed by atoms with E-state index in [9.17, 15) is 0 Å². The van der Waals surface area contributed by atoms with Crippen LogP contribution in [0, 0.1) is 0 Å². The number of nitrogens with zero attached hydrogens (tertiary/aromatic N) is 1. The molecule has 0 atom stereocenters. The Bertz CT molecular complexity index is 287. The molecule has 1 aromatic rings. The van der Waals surface area contributed by atoms with E-state index in [2.05, 4.69) is 11.9 Å². The van der Waals surface area contributed by atoms with Crippen molar-refractivity contribution in [3.05, 3.63) is 17.3 Å². The third-order valence-corrected chi connectivity index (χ3v) is 1.81. The number of halogens is 1. The second kappa shape index (κ2) is 6.48. The molecule has 0 saturated carbocycles. The topological polar surface area (TPSA) is 57.4 Å². The van der Waals surface area contributed by atoms with E-state index in [0.29, 0.717) is 29.9 Å². The summed E-state index contributed by atoms with van der Waals surface area (Å²) >= 11 is 5.71. The standard InChI is InChI=1S/C10H15ClN2O2/c1-2-3-14-4-5-15-10-7-8(12)6-9(11)13-10/h6-7H,2-5H2,1H3,(H2,12,13). The Kier molecular flexibility index (Phi) is 5.21. The molecule has 0 unspecified atom stereocenters. The Hall–Kier alpha value is -1.00. The van der Waals surface area contributed by atoms with Crippen LogP contribution < -0.4 is 10.5 Å². The molecule has 1 aromatic heterocycles. The maximum Gasteiger partial charge on any atom is 0.216 e. The first kappa shape index (κ1) is 12.1. The van der Waals surface area contributed by atoms with Gasteiger partial charge >= 0.3 is 0 Å². The Morgan fingerprint density at radius 1 is 1.33 bits per heavy atom. The highest BCUT2D eigenvalue weighted by molar-refractivity contribution is 6.29. The van der Waals surface area contributed by atoms with Crippen LogP contribution in [0.15, 0.2) is 12.1 Å². The minimum Gasteiger partial charge on any atom is -0.475 e. The predicted molar refractivity (Wildman–Crippen MR) is 60.3 cm³/mol. The van der Waals surface area contributed by atoms with Gasteiger partial charge < -0.3 is 15.2 Å². The predicted octanol–water partition coefficient (Wildman–Crippen LogP) is 2.12. The fraction of sp³-hybridized carbons (Fsp3) is 0.500. The number of nitrogens with two attached hydrogens (primary N) is 1. The minimum atomic E-state index is 0.333. The van der Waals surface area contributed by atoms with Crippen molar-refractivity contribution in [2.75, 3.05) is 25.6 Å². The van der Waals surface area contributed by atoms with E-state index < -0.39 is 0 Å². The monoisotopic (exact) mass is 230 g/mol. The summed E-state index contributed by atoms with van der Waals surface area (Å²) in [5, 5.41) is 0.333. The lowest BCUT2D eigenvalue weighted by Crippen LogP contribution is -2.08. The number of ether oxygens (including phenoxy) is 2. The second-order valence-corrected chi connectivity index (χ2v) is 3.41. The summed E-state index contributed by atoms with van der Waals surface area (Å²) in [4.78, 5) is 3.96. The number of hydrogen-bond acceptors (Lipinski definition) is 4. The normalized spacial score (nSPS) is 10.3. The van der Waals surface area contributed by atoms with Crippen molar-refractivity contribution < 1.29 is 9.47 Å². The fourth-order valence-corrected chi connectivity index (χ4v) is 1.23. The third kappa shape index (κ3) is 4.85. The molecule has 0 amide bonds. The van der Waals surface area contributed by atoms with Gasteiger partial charge in [-0.15, -0.1) is 0 Å². The summed E-state index contributed by atoms with van der Waals surface area (Å²) in [6.07, 6.45) is 1.00. The number of aromatic nitrogens is 1. The van der Waals surface area contributed by atoms with Crippen molar-refractivity contribution in [3.63, 3.8) is 0 Å². The average molecular weight is 231 g/mol. The lowest BCUT2D eigenvalue weighted by atomic mass is 10.4. The first-order chi connectivity index (χ1) is 7.22. The maximum atomic E-state index is 5.71. The van der Waals surface area contributed by atoms with Gasteiger partial charge in [0, 0.05) is 18.4 Å². The molecule has 0 aliphatic carbocycles. The van der Waals surface area contributed by atoms with Crippen LogP contribution in [0.2, 0.25) is 5.15 Å². The summed E-state index contributed by atoms with van der Waals surface area (Å²) < 4.78 is 10.6. The highest BCUT2D eigenvalue weighted by atomic mass is 35.5. The molecule has 0 aliphatic heterocycles. The molecule has 84 valence electrons. The molecule has 1 heterocycles. The van der Waals surface area contributed by atoms with Crippen molar-refractivity contribution in [1.29, 1.82) is 0 Å². The van der Waals surface area contributed by atoms with Crippen LogP contribution in [0.3, 0.4) is 0 Å². The number of hydrogen-bond donors (Lipinski definition) is 1. The lowest BCUT2D eigenvalue weighted by Gasteiger charge is -2.06. The van der Waals surface area contributed by atoms with Gasteiger partial charge in [-0.25, -0.2) is 4.98 Å². The third-order valence-electron chi connectivity index (χ3n) is 1.62. The zero-order chi connectivity index (χ0) is 11.1. The van der Waals surface area contributed by atoms with Gasteiger partial charge in [0.2, 0.25) is 5.88 Å². The summed E-state index contributed by atoms with van der Waals surface area (Å²) in [5.41, 5.74) is 6.12. The van der Waals surface area contributed by atoms with Gasteiger partial charge in [-0.05, 0) is 12.5 Å². The molecule has 5 heteroatoms. The van der Waals surface area contributed by atoms with Gasteiger partial charge in [0.05, 0.1) is 6.61 Å². The molecule has 15 heavy (non-hydrogen) atoms. The summed E-state index contributed by atoms with van der Waals surface area (Å²) in [5.74, 6) is 0.431. The van der Waals surface area contributed by atoms with E-state index in [0.717, 1.165) is 13.0 Å². The second-order valence-electron chi connectivity index (χ2n) is 3.02. The molecular formula is C10H15ClN2O2. The van der Waals surface area contributed by atoms with Gasteiger partial charge in [-0.1, -0.05) is 18.5 Å². The molecule has 0 bridgehead atoms. The Labute approximate surface area is 94.3 Å². The quantitative estimate of drug-likeness (QED) is 0.601. The van der Waals surface area contributed by atoms with Crippen LogP contribution in [-0.2, 0) is 4.74 Å². The van der Waals surface area contributed by atoms with Gasteiger partial charge in [0.15, 0.2) is 0 Å². The number of rotatable bonds is 6. The number of pyridine rings is 1. The van der Waals surface area contributed by atoms with Gasteiger partial charge in [0.25, 0.3) is 0 Å². The first-order valence-electron chi connectivity index (χ1n) is 4.86. The summed E-state index contributed by atoms with van der Waals surface area (Å²) in [7, 11) is 0. The van der Waals surface area contributed by atoms with Gasteiger partial charge in [0.1, 0.15) is 11.8 Å². The summed E-state index contributed by atoms with van der Waals surface area (Å²) in [6, 6.07) is 3.20. The number of nitrogen functional groups attached to an aromatic ring is 1. The van der Waals surface area contributed by atoms with Crippen molar-refractivity contribution >= 4 is 17.3 Å². The Balaban J connectivity index is 2.31. The van der Waals surface area contributed by atoms with E-state index in [1.54, 1.807) is 12.1 Å². The molecule has 2 N–H and O–H groups in total. The molecular weight excluding hydrogens is 216 g/mol. The smallest absolute Gasteiger partial charge is 0.216 e. The van der Waals surface area contributed by atoms with Crippen LogP contribution in [-0.4, -0.2) is 24.8 Å². The average Bonchev–Trinajstić information content (AvgIpc) is 2.16. The SMILES string of the molecule is CCCOCCOc1cc(N)cc(Cl)n1. The fourth-order valence-electron chi connectivity index (χ4n) is 1.02. The van der Waals surface area contributed by atoms with Crippen LogP contribution >= 0.6 is 11.6 Å². The van der Waals surface area contributed by atoms with Crippen molar-refractivity contribution in [1.82, 2.24) is 4.98 Å². The summed E-state index contributed by atoms with van der Waals surface area (Å²) in [6.45, 7) is 3.79. The van der Waals surface area contributed by atoms with E-state index in [-0.39, 0.29) is 0 Å². The molecule has 0 aliphatic rings. The lowest BCUT2D eigenvalue weighted by molar-refractivity contribution is 0.0990. The van der Waals surface area contributed by atoms with E-state index in [1.807, 2.05) is 0 Å². The highest BCUT2D eigenvalue weighted by Gasteiger charge is 1.99. The zero-order valence-corrected chi connectivity index (χ0v) is 9.46. The van der Waals surface area contributed by atoms with Crippen LogP contribution in [0.25, 0.3) is 0 Å². The molecule has 4 nitrogen and oxygen atoms in total. The van der Waals surface area contributed by atoms with Gasteiger partial charge in [-0.3, -0.25) is 0 Å². The van der Waals surface area contributed by atoms with Crippen molar-refractivity contribution in [2.24, 2.45) is 0 Å². The minimum absolute atomic E-state index is 0.333. The largest absolute Gasteiger partial charge is 0.475 e. The van der Waals surface area contributed by atoms with Crippen LogP contribution in [0.5, 0.6) is 5.88 Å². The molecule has 0 spiro atoms. The van der Waals surface area contributed by atoms with Crippen molar-refractivity contribution in [2.45, 2.75) is 13.3 Å². The van der Waals surface area contributed by atoms with E-state index in [4.69, 9.17) is 26.8 Å². The van der Waals surface area contributed by atoms with Crippen LogP contribution in [0.4, 0.5) is 5.69 Å². The molecule has 0 radical (unpaired) electrons. The number of anilines is 1. The first-order valence-corrected chi connectivity index (χ1v) is 5.23. The highest BCUT2D eigenvalue weighted by Crippen LogP contribution is 2.17. The molecule has 0 aromatic carbocycles. The van der Waals surface area contributed by atoms with Gasteiger partial charge in [-0.2, -0.15) is 0 Å². The Morgan fingerprint density at radius 3 is 2.80 bits per heavy atom. The zero-order valence-electron chi connectivity index (χ0n) is 8.70. The van der Waals surface area contributed by atoms with E-state index >= 15 is 0 Å². The molecule has 0 fully saturated rings. The molecule has 1 rings (SSSR count). The molecule has 0 saturated heterocycles. The van der Waals surface area contributed by atoms with Crippen molar-refractivity contribution in [3.8, 4) is 5.88 Å². The maximum absolute atomic E-state index is 5.71.